The van der Waals surface area contributed by atoms with Gasteiger partial charge in [0.2, 0.25) is 0 Å². The Balaban J connectivity index is 2.85. The molecule has 0 aromatic heterocycles. The van der Waals surface area contributed by atoms with Crippen LogP contribution in [-0.2, 0) is 0 Å². The smallest absolute Gasteiger partial charge is 0.0156 e. The van der Waals surface area contributed by atoms with Crippen LogP contribution in [0.3, 0.4) is 0 Å². The fraction of sp³-hybridized carbons (Fsp3) is 0.250. The highest BCUT2D eigenvalue weighted by molar-refractivity contribution is 5.22. The Bertz CT molecular complexity index is 56.6. The minimum absolute atomic E-state index is 1.70. The molecule has 2 heteroatoms. The zero-order valence-electron chi connectivity index (χ0n) is 3.81. The third kappa shape index (κ3) is 3.21. The molecule has 34 valence electrons. The van der Waals surface area contributed by atoms with E-state index in [1.54, 1.807) is 6.20 Å². The first kappa shape index (κ1) is 5.21. The second-order valence-corrected chi connectivity index (χ2v) is 0.787. The van der Waals surface area contributed by atoms with E-state index in [0.29, 0.717) is 0 Å². The normalized spacial score (nSPS) is 8.83. The van der Waals surface area contributed by atoms with Gasteiger partial charge in [-0.25, -0.2) is 0 Å². The average molecular weight is 84.1 g/mol. The van der Waals surface area contributed by atoms with Gasteiger partial charge in [-0.2, -0.15) is 5.10 Å². The first-order chi connectivity index (χ1) is 2.91. The van der Waals surface area contributed by atoms with Crippen molar-refractivity contribution in [3.63, 3.8) is 0 Å². The van der Waals surface area contributed by atoms with Gasteiger partial charge < -0.3 is 0 Å². The molecule has 0 amide bonds. The van der Waals surface area contributed by atoms with Crippen LogP contribution in [0.4, 0.5) is 0 Å². The van der Waals surface area contributed by atoms with Crippen molar-refractivity contribution < 1.29 is 0 Å². The molecule has 0 aromatic carbocycles. The van der Waals surface area contributed by atoms with Crippen LogP contribution in [0.5, 0.6) is 0 Å². The standard InChI is InChI=1S/C4H8N2/c1-3-4-6-5-2/h3-4,6H,2H2,1H3/b4-3+. The van der Waals surface area contributed by atoms with E-state index in [2.05, 4.69) is 17.2 Å². The third-order valence-electron chi connectivity index (χ3n) is 0.332. The van der Waals surface area contributed by atoms with Crippen LogP contribution in [0.2, 0.25) is 0 Å². The number of hydrazone groups is 1. The Morgan fingerprint density at radius 2 is 2.50 bits per heavy atom. The fourth-order valence-corrected chi connectivity index (χ4v) is 0.127. The summed E-state index contributed by atoms with van der Waals surface area (Å²) >= 11 is 0. The quantitative estimate of drug-likeness (QED) is 0.387. The van der Waals surface area contributed by atoms with Crippen LogP contribution in [0, 0.1) is 0 Å². The number of hydrogen-bond acceptors (Lipinski definition) is 2. The van der Waals surface area contributed by atoms with Gasteiger partial charge in [-0.05, 0) is 6.92 Å². The molecule has 0 saturated carbocycles. The number of nitrogens with zero attached hydrogens (tertiary/aromatic N) is 1. The summed E-state index contributed by atoms with van der Waals surface area (Å²) in [6.07, 6.45) is 3.54. The molecular weight excluding hydrogens is 76.1 g/mol. The number of hydrogen-bond donors (Lipinski definition) is 1. The van der Waals surface area contributed by atoms with E-state index >= 15 is 0 Å². The molecule has 0 fully saturated rings. The molecule has 0 unspecified atom stereocenters. The van der Waals surface area contributed by atoms with Crippen molar-refractivity contribution in [1.82, 2.24) is 5.43 Å². The second kappa shape index (κ2) is 4.21. The molecule has 0 aliphatic carbocycles. The van der Waals surface area contributed by atoms with E-state index in [9.17, 15) is 0 Å². The largest absolute Gasteiger partial charge is 0.287 e. The maximum Gasteiger partial charge on any atom is 0.0156 e. The van der Waals surface area contributed by atoms with Gasteiger partial charge in [-0.1, -0.05) is 6.08 Å². The minimum atomic E-state index is 1.70. The van der Waals surface area contributed by atoms with Gasteiger partial charge in [-0.3, -0.25) is 5.43 Å². The Morgan fingerprint density at radius 3 is 2.67 bits per heavy atom. The van der Waals surface area contributed by atoms with Crippen molar-refractivity contribution in [2.75, 3.05) is 0 Å². The van der Waals surface area contributed by atoms with E-state index in [1.807, 2.05) is 13.0 Å². The van der Waals surface area contributed by atoms with Gasteiger partial charge in [0.05, 0.1) is 0 Å². The first-order valence-corrected chi connectivity index (χ1v) is 1.74. The van der Waals surface area contributed by atoms with Crippen LogP contribution < -0.4 is 5.43 Å². The van der Waals surface area contributed by atoms with Gasteiger partial charge in [0, 0.05) is 12.9 Å². The van der Waals surface area contributed by atoms with Gasteiger partial charge in [0.1, 0.15) is 0 Å². The molecule has 0 radical (unpaired) electrons. The molecule has 0 aliphatic rings. The minimum Gasteiger partial charge on any atom is -0.287 e. The molecule has 0 spiro atoms. The lowest BCUT2D eigenvalue weighted by atomic mass is 10.7. The zero-order valence-corrected chi connectivity index (χ0v) is 3.81. The maximum absolute atomic E-state index is 3.34. The summed E-state index contributed by atoms with van der Waals surface area (Å²) in [6, 6.07) is 0. The molecule has 2 nitrogen and oxygen atoms in total. The van der Waals surface area contributed by atoms with Crippen molar-refractivity contribution in [3.05, 3.63) is 12.3 Å². The molecule has 0 aromatic rings. The van der Waals surface area contributed by atoms with E-state index < -0.39 is 0 Å². The maximum atomic E-state index is 3.34. The van der Waals surface area contributed by atoms with E-state index in [4.69, 9.17) is 0 Å². The molecule has 0 atom stereocenters. The van der Waals surface area contributed by atoms with E-state index in [0.717, 1.165) is 0 Å². The lowest BCUT2D eigenvalue weighted by Crippen LogP contribution is -1.87. The Labute approximate surface area is 37.6 Å². The van der Waals surface area contributed by atoms with Crippen molar-refractivity contribution in [2.45, 2.75) is 6.92 Å². The summed E-state index contributed by atoms with van der Waals surface area (Å²) < 4.78 is 0. The molecule has 0 heterocycles. The highest BCUT2D eigenvalue weighted by Gasteiger charge is 1.51. The van der Waals surface area contributed by atoms with Crippen LogP contribution >= 0.6 is 0 Å². The zero-order chi connectivity index (χ0) is 4.83. The van der Waals surface area contributed by atoms with E-state index in [1.165, 1.54) is 0 Å². The lowest BCUT2D eigenvalue weighted by Gasteiger charge is -1.78. The topological polar surface area (TPSA) is 24.4 Å². The predicted molar refractivity (Wildman–Crippen MR) is 27.5 cm³/mol. The summed E-state index contributed by atoms with van der Waals surface area (Å²) in [5, 5.41) is 3.34. The van der Waals surface area contributed by atoms with Gasteiger partial charge >= 0.3 is 0 Å². The fourth-order valence-electron chi connectivity index (χ4n) is 0.127. The van der Waals surface area contributed by atoms with E-state index in [-0.39, 0.29) is 0 Å². The predicted octanol–water partition coefficient (Wildman–Crippen LogP) is 0.725. The number of rotatable bonds is 2. The molecule has 0 bridgehead atoms. The number of nitrogens with one attached hydrogen (secondary N) is 1. The molecule has 0 saturated heterocycles. The summed E-state index contributed by atoms with van der Waals surface area (Å²) in [4.78, 5) is 0. The first-order valence-electron chi connectivity index (χ1n) is 1.74. The Hall–Kier alpha value is -0.790. The highest BCUT2D eigenvalue weighted by atomic mass is 15.3. The van der Waals surface area contributed by atoms with Crippen LogP contribution in [0.15, 0.2) is 17.4 Å². The van der Waals surface area contributed by atoms with Crippen molar-refractivity contribution in [2.24, 2.45) is 5.10 Å². The van der Waals surface area contributed by atoms with Gasteiger partial charge in [0.25, 0.3) is 0 Å². The molecule has 6 heavy (non-hydrogen) atoms. The number of allylic oxidation sites excluding steroid dienone is 1. The van der Waals surface area contributed by atoms with Crippen LogP contribution in [0.25, 0.3) is 0 Å². The summed E-state index contributed by atoms with van der Waals surface area (Å²) in [5.41, 5.74) is 2.53. The third-order valence-corrected chi connectivity index (χ3v) is 0.332. The SMILES string of the molecule is C=NN/C=C/C. The summed E-state index contributed by atoms with van der Waals surface area (Å²) in [5.74, 6) is 0. The molecular formula is C4H8N2. The van der Waals surface area contributed by atoms with Gasteiger partial charge in [0.15, 0.2) is 0 Å². The molecule has 0 rings (SSSR count). The Morgan fingerprint density at radius 1 is 1.83 bits per heavy atom. The summed E-state index contributed by atoms with van der Waals surface area (Å²) in [7, 11) is 0. The van der Waals surface area contributed by atoms with Crippen LogP contribution in [0.1, 0.15) is 6.92 Å². The molecule has 1 N–H and O–H groups in total. The van der Waals surface area contributed by atoms with Crippen molar-refractivity contribution >= 4 is 6.72 Å². The molecule has 0 aliphatic heterocycles. The van der Waals surface area contributed by atoms with Crippen LogP contribution in [-0.4, -0.2) is 6.72 Å². The van der Waals surface area contributed by atoms with Crippen molar-refractivity contribution in [3.8, 4) is 0 Å². The highest BCUT2D eigenvalue weighted by Crippen LogP contribution is 1.58. The Kier molecular flexibility index (Phi) is 3.66. The van der Waals surface area contributed by atoms with Crippen molar-refractivity contribution in [1.29, 1.82) is 0 Å². The second-order valence-electron chi connectivity index (χ2n) is 0.787. The monoisotopic (exact) mass is 84.1 g/mol. The summed E-state index contributed by atoms with van der Waals surface area (Å²) in [6.45, 7) is 5.09. The average Bonchev–Trinajstić information content (AvgIpc) is 1.61. The van der Waals surface area contributed by atoms with Gasteiger partial charge in [-0.15, -0.1) is 0 Å². The lowest BCUT2D eigenvalue weighted by molar-refractivity contribution is 0.979.